The van der Waals surface area contributed by atoms with Crippen LogP contribution in [0.4, 0.5) is 0 Å². The number of sulfonamides is 1. The number of halogens is 1. The van der Waals surface area contributed by atoms with Crippen molar-refractivity contribution in [2.24, 2.45) is 0 Å². The second-order valence-corrected chi connectivity index (χ2v) is 11.1. The largest absolute Gasteiger partial charge is 0.486 e. The van der Waals surface area contributed by atoms with Crippen molar-refractivity contribution in [1.82, 2.24) is 4.72 Å². The number of hydrogen-bond donors (Lipinski definition) is 5. The summed E-state index contributed by atoms with van der Waals surface area (Å²) in [6.45, 7) is 0.558. The van der Waals surface area contributed by atoms with Crippen molar-refractivity contribution in [3.05, 3.63) is 58.1 Å². The normalized spacial score (nSPS) is 28.8. The highest BCUT2D eigenvalue weighted by Gasteiger charge is 2.44. The lowest BCUT2D eigenvalue weighted by Gasteiger charge is -2.40. The van der Waals surface area contributed by atoms with Crippen LogP contribution in [0, 0.1) is 0 Å². The van der Waals surface area contributed by atoms with E-state index in [0.29, 0.717) is 40.7 Å². The molecule has 0 aliphatic carbocycles. The summed E-state index contributed by atoms with van der Waals surface area (Å²) in [5.41, 5.74) is 1.49. The summed E-state index contributed by atoms with van der Waals surface area (Å²) in [4.78, 5) is 0.0258. The molecule has 6 atom stereocenters. The van der Waals surface area contributed by atoms with Crippen LogP contribution in [0.15, 0.2) is 41.3 Å². The van der Waals surface area contributed by atoms with E-state index in [1.54, 1.807) is 24.3 Å². The molecule has 0 spiro atoms. The number of rotatable bonds is 8. The standard InChI is InChI=1S/C24H30ClNO9S/c1-26-36(31,32)20-5-3-14(24-23(30)22(29)21(28)19(11-27)35-24)10-15(20)8-13-2-4-18(17(25)9-13)34-16-6-7-33-12-16/h2-5,9-10,16,19,21-24,26-30H,6-8,11-12H2,1H3/t16?,19-,21-,22+,23-,24+/m1/s1. The molecule has 2 saturated heterocycles. The van der Waals surface area contributed by atoms with Crippen LogP contribution >= 0.6 is 11.6 Å². The van der Waals surface area contributed by atoms with Gasteiger partial charge in [-0.2, -0.15) is 0 Å². The van der Waals surface area contributed by atoms with Gasteiger partial charge in [-0.15, -0.1) is 0 Å². The monoisotopic (exact) mass is 543 g/mol. The van der Waals surface area contributed by atoms with E-state index in [-0.39, 0.29) is 17.4 Å². The lowest BCUT2D eigenvalue weighted by molar-refractivity contribution is -0.231. The first-order valence-electron chi connectivity index (χ1n) is 11.5. The second kappa shape index (κ2) is 11.3. The lowest BCUT2D eigenvalue weighted by atomic mass is 9.90. The molecule has 36 heavy (non-hydrogen) atoms. The first-order chi connectivity index (χ1) is 17.1. The minimum atomic E-state index is -3.83. The van der Waals surface area contributed by atoms with E-state index in [9.17, 15) is 28.8 Å². The fraction of sp³-hybridized carbons (Fsp3) is 0.500. The SMILES string of the molecule is CNS(=O)(=O)c1ccc([C@@H]2O[C@H](CO)[C@@H](O)[C@H](O)[C@H]2O)cc1Cc1ccc(OC2CCOC2)c(Cl)c1. The number of benzene rings is 2. The molecule has 198 valence electrons. The number of aliphatic hydroxyl groups excluding tert-OH is 4. The molecule has 2 aromatic carbocycles. The van der Waals surface area contributed by atoms with Gasteiger partial charge in [0.25, 0.3) is 0 Å². The van der Waals surface area contributed by atoms with Gasteiger partial charge in [0, 0.05) is 6.42 Å². The molecule has 0 bridgehead atoms. The Bertz CT molecular complexity index is 1170. The van der Waals surface area contributed by atoms with Gasteiger partial charge in [-0.25, -0.2) is 13.1 Å². The number of ether oxygens (including phenoxy) is 3. The minimum absolute atomic E-state index is 0.0258. The molecule has 0 radical (unpaired) electrons. The van der Waals surface area contributed by atoms with E-state index < -0.39 is 47.2 Å². The van der Waals surface area contributed by atoms with Gasteiger partial charge in [0.2, 0.25) is 10.0 Å². The summed E-state index contributed by atoms with van der Waals surface area (Å²) >= 11 is 6.44. The van der Waals surface area contributed by atoms with Gasteiger partial charge in [-0.05, 0) is 48.4 Å². The Hall–Kier alpha value is -1.80. The molecule has 4 rings (SSSR count). The van der Waals surface area contributed by atoms with Crippen LogP contribution in [-0.2, 0) is 25.9 Å². The summed E-state index contributed by atoms with van der Waals surface area (Å²) < 4.78 is 44.6. The molecule has 12 heteroatoms. The Morgan fingerprint density at radius 1 is 1.11 bits per heavy atom. The van der Waals surface area contributed by atoms with Gasteiger partial charge < -0.3 is 34.6 Å². The smallest absolute Gasteiger partial charge is 0.240 e. The van der Waals surface area contributed by atoms with Crippen molar-refractivity contribution in [1.29, 1.82) is 0 Å². The molecule has 10 nitrogen and oxygen atoms in total. The zero-order chi connectivity index (χ0) is 26.0. The summed E-state index contributed by atoms with van der Waals surface area (Å²) in [7, 11) is -2.53. The van der Waals surface area contributed by atoms with Crippen LogP contribution in [0.1, 0.15) is 29.2 Å². The minimum Gasteiger partial charge on any atom is -0.486 e. The maximum atomic E-state index is 12.7. The molecule has 2 aliphatic heterocycles. The highest BCUT2D eigenvalue weighted by molar-refractivity contribution is 7.89. The predicted octanol–water partition coefficient (Wildman–Crippen LogP) is 0.522. The van der Waals surface area contributed by atoms with E-state index in [4.69, 9.17) is 25.8 Å². The highest BCUT2D eigenvalue weighted by atomic mass is 35.5. The molecule has 2 fully saturated rings. The molecule has 5 N–H and O–H groups in total. The van der Waals surface area contributed by atoms with Crippen molar-refractivity contribution < 1.29 is 43.1 Å². The third-order valence-corrected chi connectivity index (χ3v) is 8.25. The predicted molar refractivity (Wildman–Crippen MR) is 130 cm³/mol. The maximum Gasteiger partial charge on any atom is 0.240 e. The Morgan fingerprint density at radius 2 is 1.89 bits per heavy atom. The van der Waals surface area contributed by atoms with Gasteiger partial charge in [-0.3, -0.25) is 0 Å². The van der Waals surface area contributed by atoms with Crippen molar-refractivity contribution in [3.63, 3.8) is 0 Å². The Kier molecular flexibility index (Phi) is 8.55. The third-order valence-electron chi connectivity index (χ3n) is 6.44. The van der Waals surface area contributed by atoms with E-state index >= 15 is 0 Å². The van der Waals surface area contributed by atoms with Crippen LogP contribution in [0.2, 0.25) is 5.02 Å². The van der Waals surface area contributed by atoms with Crippen LogP contribution in [0.25, 0.3) is 0 Å². The van der Waals surface area contributed by atoms with E-state index in [0.717, 1.165) is 6.42 Å². The first-order valence-corrected chi connectivity index (χ1v) is 13.4. The Balaban J connectivity index is 1.66. The van der Waals surface area contributed by atoms with Gasteiger partial charge >= 0.3 is 0 Å². The Labute approximate surface area is 214 Å². The zero-order valence-electron chi connectivity index (χ0n) is 19.6. The topological polar surface area (TPSA) is 155 Å². The average molecular weight is 544 g/mol. The van der Waals surface area contributed by atoms with E-state index in [1.807, 2.05) is 0 Å². The molecule has 2 heterocycles. The average Bonchev–Trinajstić information content (AvgIpc) is 3.37. The summed E-state index contributed by atoms with van der Waals surface area (Å²) in [6.07, 6.45) is -5.86. The third kappa shape index (κ3) is 5.69. The van der Waals surface area contributed by atoms with Gasteiger partial charge in [0.1, 0.15) is 42.4 Å². The van der Waals surface area contributed by atoms with Crippen LogP contribution in [0.3, 0.4) is 0 Å². The first kappa shape index (κ1) is 27.2. The maximum absolute atomic E-state index is 12.7. The summed E-state index contributed by atoms with van der Waals surface area (Å²) in [5, 5.41) is 40.7. The fourth-order valence-corrected chi connectivity index (χ4v) is 5.61. The van der Waals surface area contributed by atoms with Crippen molar-refractivity contribution in [3.8, 4) is 5.75 Å². The summed E-state index contributed by atoms with van der Waals surface area (Å²) in [5.74, 6) is 0.508. The lowest BCUT2D eigenvalue weighted by Crippen LogP contribution is -2.55. The molecule has 1 unspecified atom stereocenters. The van der Waals surface area contributed by atoms with E-state index in [2.05, 4.69) is 4.72 Å². The van der Waals surface area contributed by atoms with Gasteiger partial charge in [0.05, 0.1) is 29.7 Å². The molecular weight excluding hydrogens is 514 g/mol. The second-order valence-electron chi connectivity index (χ2n) is 8.87. The number of nitrogens with one attached hydrogen (secondary N) is 1. The molecule has 0 amide bonds. The molecule has 0 saturated carbocycles. The highest BCUT2D eigenvalue weighted by Crippen LogP contribution is 2.35. The van der Waals surface area contributed by atoms with Crippen molar-refractivity contribution >= 4 is 21.6 Å². The zero-order valence-corrected chi connectivity index (χ0v) is 21.2. The van der Waals surface area contributed by atoms with Crippen LogP contribution < -0.4 is 9.46 Å². The molecule has 0 aromatic heterocycles. The van der Waals surface area contributed by atoms with Crippen LogP contribution in [0.5, 0.6) is 5.75 Å². The van der Waals surface area contributed by atoms with Crippen LogP contribution in [-0.4, -0.2) is 86.2 Å². The quantitative estimate of drug-likeness (QED) is 0.320. The molecule has 2 aromatic rings. The van der Waals surface area contributed by atoms with Gasteiger partial charge in [0.15, 0.2) is 0 Å². The number of hydrogen-bond acceptors (Lipinski definition) is 9. The number of aliphatic hydroxyl groups is 4. The van der Waals surface area contributed by atoms with Crippen molar-refractivity contribution in [2.45, 2.75) is 54.4 Å². The molecule has 2 aliphatic rings. The van der Waals surface area contributed by atoms with E-state index in [1.165, 1.54) is 19.2 Å². The molecular formula is C24H30ClNO9S. The Morgan fingerprint density at radius 3 is 2.53 bits per heavy atom. The van der Waals surface area contributed by atoms with Crippen molar-refractivity contribution in [2.75, 3.05) is 26.9 Å². The fourth-order valence-electron chi connectivity index (χ4n) is 4.42. The van der Waals surface area contributed by atoms with Gasteiger partial charge in [-0.1, -0.05) is 29.8 Å². The summed E-state index contributed by atoms with van der Waals surface area (Å²) in [6, 6.07) is 9.62.